The number of piperidine rings is 1. The van der Waals surface area contributed by atoms with Gasteiger partial charge in [-0.25, -0.2) is 4.98 Å². The minimum Gasteiger partial charge on any atom is -0.491 e. The topological polar surface area (TPSA) is 66.1 Å². The molecule has 8 heteroatoms. The van der Waals surface area contributed by atoms with E-state index in [0.717, 1.165) is 86.7 Å². The van der Waals surface area contributed by atoms with E-state index >= 15 is 0 Å². The molecule has 1 aromatic carbocycles. The molecule has 1 N–H and O–H groups in total. The highest BCUT2D eigenvalue weighted by atomic mass is 127. The number of likely N-dealkylation sites (N-methyl/N-ethyl adjacent to an activating group) is 1. The van der Waals surface area contributed by atoms with Crippen LogP contribution in [0.5, 0.6) is 5.75 Å². The summed E-state index contributed by atoms with van der Waals surface area (Å²) in [5, 5.41) is 3.42. The van der Waals surface area contributed by atoms with Gasteiger partial charge in [-0.1, -0.05) is 18.2 Å². The number of aliphatic imine (C=N–C) groups is 1. The standard InChI is InChI=1S/C25H39N5O2.HI/c1-6-26-25(29(5)15-16-31-23-10-8-7-9-19(23)2)27-17-22-11-13-30(14-12-22)18-24-28-20(3)21(4)32-24;/h7-10,22H,6,11-18H2,1-5H3,(H,26,27);1H. The Labute approximate surface area is 216 Å². The van der Waals surface area contributed by atoms with Crippen LogP contribution in [0.3, 0.4) is 0 Å². The summed E-state index contributed by atoms with van der Waals surface area (Å²) in [6.07, 6.45) is 2.31. The van der Waals surface area contributed by atoms with E-state index < -0.39 is 0 Å². The molecule has 0 saturated carbocycles. The number of ether oxygens (including phenoxy) is 1. The van der Waals surface area contributed by atoms with Gasteiger partial charge in [0.25, 0.3) is 0 Å². The molecule has 1 aliphatic heterocycles. The highest BCUT2D eigenvalue weighted by Crippen LogP contribution is 2.20. The predicted octanol–water partition coefficient (Wildman–Crippen LogP) is 4.41. The Morgan fingerprint density at radius 3 is 2.61 bits per heavy atom. The maximum Gasteiger partial charge on any atom is 0.208 e. The van der Waals surface area contributed by atoms with Crippen LogP contribution in [0.2, 0.25) is 0 Å². The number of nitrogens with zero attached hydrogens (tertiary/aromatic N) is 4. The summed E-state index contributed by atoms with van der Waals surface area (Å²) < 4.78 is 11.7. The van der Waals surface area contributed by atoms with Gasteiger partial charge in [0.1, 0.15) is 18.1 Å². The first kappa shape index (κ1) is 27.4. The maximum absolute atomic E-state index is 5.96. The molecule has 33 heavy (non-hydrogen) atoms. The van der Waals surface area contributed by atoms with Gasteiger partial charge in [0, 0.05) is 20.1 Å². The Bertz CT molecular complexity index is 858. The van der Waals surface area contributed by atoms with E-state index in [1.165, 1.54) is 0 Å². The number of oxazole rings is 1. The van der Waals surface area contributed by atoms with Crippen LogP contribution in [0.25, 0.3) is 0 Å². The van der Waals surface area contributed by atoms with Crippen molar-refractivity contribution in [1.82, 2.24) is 20.1 Å². The molecule has 1 aliphatic rings. The van der Waals surface area contributed by atoms with Gasteiger partial charge in [0.2, 0.25) is 5.89 Å². The average Bonchev–Trinajstić information content (AvgIpc) is 3.10. The van der Waals surface area contributed by atoms with E-state index in [1.807, 2.05) is 32.0 Å². The number of aryl methyl sites for hydroxylation is 3. The minimum absolute atomic E-state index is 0. The Morgan fingerprint density at radius 1 is 1.24 bits per heavy atom. The third-order valence-electron chi connectivity index (χ3n) is 6.11. The lowest BCUT2D eigenvalue weighted by Gasteiger charge is -2.30. The fraction of sp³-hybridized carbons (Fsp3) is 0.600. The summed E-state index contributed by atoms with van der Waals surface area (Å²) in [5.74, 6) is 4.28. The highest BCUT2D eigenvalue weighted by Gasteiger charge is 2.21. The van der Waals surface area contributed by atoms with Gasteiger partial charge in [-0.3, -0.25) is 9.89 Å². The van der Waals surface area contributed by atoms with E-state index in [4.69, 9.17) is 14.1 Å². The van der Waals surface area contributed by atoms with Crippen molar-refractivity contribution in [2.24, 2.45) is 10.9 Å². The van der Waals surface area contributed by atoms with Crippen LogP contribution in [0.1, 0.15) is 42.7 Å². The smallest absolute Gasteiger partial charge is 0.208 e. The zero-order valence-electron chi connectivity index (χ0n) is 20.8. The zero-order chi connectivity index (χ0) is 22.9. The largest absolute Gasteiger partial charge is 0.491 e. The second kappa shape index (κ2) is 13.8. The van der Waals surface area contributed by atoms with Crippen LogP contribution >= 0.6 is 24.0 Å². The number of aromatic nitrogens is 1. The van der Waals surface area contributed by atoms with Crippen LogP contribution in [0, 0.1) is 26.7 Å². The summed E-state index contributed by atoms with van der Waals surface area (Å²) in [6, 6.07) is 8.13. The van der Waals surface area contributed by atoms with Crippen molar-refractivity contribution >= 4 is 29.9 Å². The molecule has 0 bridgehead atoms. The van der Waals surface area contributed by atoms with Crippen LogP contribution in [0.15, 0.2) is 33.7 Å². The van der Waals surface area contributed by atoms with Gasteiger partial charge in [0.05, 0.1) is 18.8 Å². The summed E-state index contributed by atoms with van der Waals surface area (Å²) in [6.45, 7) is 14.2. The molecule has 0 radical (unpaired) electrons. The van der Waals surface area contributed by atoms with Crippen molar-refractivity contribution in [3.05, 3.63) is 47.2 Å². The first-order chi connectivity index (χ1) is 15.5. The molecule has 1 fully saturated rings. The third kappa shape index (κ3) is 8.48. The number of hydrogen-bond donors (Lipinski definition) is 1. The fourth-order valence-corrected chi connectivity index (χ4v) is 3.93. The number of halogens is 1. The van der Waals surface area contributed by atoms with E-state index in [9.17, 15) is 0 Å². The lowest BCUT2D eigenvalue weighted by Crippen LogP contribution is -2.41. The molecule has 0 amide bonds. The van der Waals surface area contributed by atoms with E-state index in [-0.39, 0.29) is 24.0 Å². The quantitative estimate of drug-likeness (QED) is 0.274. The van der Waals surface area contributed by atoms with Crippen molar-refractivity contribution in [2.45, 2.75) is 47.1 Å². The molecule has 0 aliphatic carbocycles. The monoisotopic (exact) mass is 569 g/mol. The van der Waals surface area contributed by atoms with Crippen molar-refractivity contribution in [2.75, 3.05) is 46.4 Å². The predicted molar refractivity (Wildman–Crippen MR) is 145 cm³/mol. The number of hydrogen-bond acceptors (Lipinski definition) is 5. The number of nitrogens with one attached hydrogen (secondary N) is 1. The zero-order valence-corrected chi connectivity index (χ0v) is 23.1. The normalized spacial score (nSPS) is 15.2. The van der Waals surface area contributed by atoms with Crippen molar-refractivity contribution in [3.63, 3.8) is 0 Å². The summed E-state index contributed by atoms with van der Waals surface area (Å²) in [7, 11) is 2.08. The number of guanidine groups is 1. The highest BCUT2D eigenvalue weighted by molar-refractivity contribution is 14.0. The molecule has 2 heterocycles. The van der Waals surface area contributed by atoms with E-state index in [0.29, 0.717) is 12.5 Å². The summed E-state index contributed by atoms with van der Waals surface area (Å²) in [4.78, 5) is 14.0. The molecule has 0 unspecified atom stereocenters. The van der Waals surface area contributed by atoms with Gasteiger partial charge in [0.15, 0.2) is 5.96 Å². The van der Waals surface area contributed by atoms with Crippen LogP contribution in [-0.4, -0.2) is 67.1 Å². The van der Waals surface area contributed by atoms with Gasteiger partial charge < -0.3 is 19.4 Å². The minimum atomic E-state index is 0. The van der Waals surface area contributed by atoms with Crippen LogP contribution in [-0.2, 0) is 6.54 Å². The SMILES string of the molecule is CCNC(=NCC1CCN(Cc2nc(C)c(C)o2)CC1)N(C)CCOc1ccccc1C.I. The second-order valence-corrected chi connectivity index (χ2v) is 8.70. The van der Waals surface area contributed by atoms with Crippen LogP contribution in [0.4, 0.5) is 0 Å². The number of likely N-dealkylation sites (tertiary alicyclic amines) is 1. The second-order valence-electron chi connectivity index (χ2n) is 8.70. The van der Waals surface area contributed by atoms with Crippen molar-refractivity contribution in [1.29, 1.82) is 0 Å². The van der Waals surface area contributed by atoms with Crippen molar-refractivity contribution < 1.29 is 9.15 Å². The Balaban J connectivity index is 0.00000385. The molecule has 7 nitrogen and oxygen atoms in total. The van der Waals surface area contributed by atoms with Gasteiger partial charge in [-0.05, 0) is 71.2 Å². The molecule has 0 atom stereocenters. The molecular formula is C25H40IN5O2. The molecule has 184 valence electrons. The first-order valence-corrected chi connectivity index (χ1v) is 11.8. The Kier molecular flexibility index (Phi) is 11.5. The van der Waals surface area contributed by atoms with E-state index in [1.54, 1.807) is 0 Å². The first-order valence-electron chi connectivity index (χ1n) is 11.8. The molecule has 2 aromatic rings. The average molecular weight is 570 g/mol. The Hall–Kier alpha value is -1.81. The molecular weight excluding hydrogens is 529 g/mol. The van der Waals surface area contributed by atoms with Gasteiger partial charge in [-0.15, -0.1) is 24.0 Å². The van der Waals surface area contributed by atoms with Gasteiger partial charge >= 0.3 is 0 Å². The maximum atomic E-state index is 5.96. The van der Waals surface area contributed by atoms with Crippen molar-refractivity contribution in [3.8, 4) is 5.75 Å². The number of benzene rings is 1. The summed E-state index contributed by atoms with van der Waals surface area (Å²) >= 11 is 0. The lowest BCUT2D eigenvalue weighted by atomic mass is 9.97. The molecule has 0 spiro atoms. The molecule has 3 rings (SSSR count). The van der Waals surface area contributed by atoms with Gasteiger partial charge in [-0.2, -0.15) is 0 Å². The van der Waals surface area contributed by atoms with Crippen LogP contribution < -0.4 is 10.1 Å². The Morgan fingerprint density at radius 2 is 1.97 bits per heavy atom. The summed E-state index contributed by atoms with van der Waals surface area (Å²) in [5.41, 5.74) is 2.16. The fourth-order valence-electron chi connectivity index (χ4n) is 3.93. The number of rotatable bonds is 9. The molecule has 1 saturated heterocycles. The molecule has 1 aromatic heterocycles. The van der Waals surface area contributed by atoms with E-state index in [2.05, 4.69) is 47.1 Å². The third-order valence-corrected chi connectivity index (χ3v) is 6.11. The number of para-hydroxylation sites is 1. The lowest BCUT2D eigenvalue weighted by molar-refractivity contribution is 0.166.